The molecule has 2 aromatic rings. The molecule has 1 aliphatic heterocycles. The summed E-state index contributed by atoms with van der Waals surface area (Å²) in [6, 6.07) is 6.23. The summed E-state index contributed by atoms with van der Waals surface area (Å²) in [4.78, 5) is 40.6. The van der Waals surface area contributed by atoms with Gasteiger partial charge in [-0.25, -0.2) is 4.79 Å². The molecule has 1 aliphatic rings. The quantitative estimate of drug-likeness (QED) is 0.724. The smallest absolute Gasteiger partial charge is 0.321 e. The van der Waals surface area contributed by atoms with Crippen molar-refractivity contribution in [2.45, 2.75) is 0 Å². The van der Waals surface area contributed by atoms with E-state index in [1.54, 1.807) is 19.2 Å². The number of carbonyl (C=O) groups is 3. The van der Waals surface area contributed by atoms with E-state index in [2.05, 4.69) is 10.2 Å². The lowest BCUT2D eigenvalue weighted by atomic mass is 10.1. The van der Waals surface area contributed by atoms with Crippen LogP contribution in [0.15, 0.2) is 30.6 Å². The Morgan fingerprint density at radius 1 is 1.15 bits per heavy atom. The summed E-state index contributed by atoms with van der Waals surface area (Å²) in [7, 11) is 1.54. The molecule has 0 saturated carbocycles. The molecular formula is C12H8N4O4. The number of nitrogens with zero attached hydrogens (tertiary/aromatic N) is 4. The Morgan fingerprint density at radius 3 is 2.25 bits per heavy atom. The highest BCUT2D eigenvalue weighted by Gasteiger charge is 2.39. The minimum Gasteiger partial charge on any atom is -0.321 e. The Kier molecular flexibility index (Phi) is 2.56. The SMILES string of the molecule is Cn1cnnc1C(=O)ON1C(=O)c2ccccc2C1=O. The number of fused-ring (bicyclic) bond motifs is 1. The molecule has 0 unspecified atom stereocenters. The third-order valence-corrected chi connectivity index (χ3v) is 2.82. The predicted molar refractivity (Wildman–Crippen MR) is 63.4 cm³/mol. The maximum Gasteiger partial charge on any atom is 0.401 e. The molecule has 20 heavy (non-hydrogen) atoms. The van der Waals surface area contributed by atoms with Gasteiger partial charge in [0, 0.05) is 7.05 Å². The largest absolute Gasteiger partial charge is 0.401 e. The number of imide groups is 1. The third kappa shape index (κ3) is 1.66. The molecular weight excluding hydrogens is 264 g/mol. The van der Waals surface area contributed by atoms with Gasteiger partial charge < -0.3 is 9.40 Å². The van der Waals surface area contributed by atoms with Gasteiger partial charge in [-0.3, -0.25) is 9.59 Å². The second-order valence-electron chi connectivity index (χ2n) is 4.09. The first-order valence-electron chi connectivity index (χ1n) is 5.63. The zero-order chi connectivity index (χ0) is 14.3. The fourth-order valence-corrected chi connectivity index (χ4v) is 1.84. The van der Waals surface area contributed by atoms with Crippen molar-refractivity contribution in [1.82, 2.24) is 19.8 Å². The van der Waals surface area contributed by atoms with Crippen LogP contribution in [0.4, 0.5) is 0 Å². The van der Waals surface area contributed by atoms with Crippen LogP contribution in [-0.4, -0.2) is 37.6 Å². The first-order valence-corrected chi connectivity index (χ1v) is 5.63. The van der Waals surface area contributed by atoms with Gasteiger partial charge in [-0.05, 0) is 12.1 Å². The van der Waals surface area contributed by atoms with E-state index in [0.717, 1.165) is 0 Å². The Morgan fingerprint density at radius 2 is 1.75 bits per heavy atom. The van der Waals surface area contributed by atoms with E-state index >= 15 is 0 Å². The van der Waals surface area contributed by atoms with E-state index < -0.39 is 17.8 Å². The van der Waals surface area contributed by atoms with Gasteiger partial charge in [-0.2, -0.15) is 0 Å². The Balaban J connectivity index is 1.87. The number of carbonyl (C=O) groups excluding carboxylic acids is 3. The van der Waals surface area contributed by atoms with E-state index in [1.165, 1.54) is 23.0 Å². The third-order valence-electron chi connectivity index (χ3n) is 2.82. The lowest BCUT2D eigenvalue weighted by Gasteiger charge is -2.11. The Labute approximate surface area is 112 Å². The van der Waals surface area contributed by atoms with Gasteiger partial charge in [0.25, 0.3) is 11.8 Å². The van der Waals surface area contributed by atoms with E-state index in [1.807, 2.05) is 0 Å². The summed E-state index contributed by atoms with van der Waals surface area (Å²) < 4.78 is 1.32. The van der Waals surface area contributed by atoms with Gasteiger partial charge in [0.2, 0.25) is 5.82 Å². The van der Waals surface area contributed by atoms with E-state index in [9.17, 15) is 14.4 Å². The normalized spacial score (nSPS) is 13.6. The molecule has 0 N–H and O–H groups in total. The van der Waals surface area contributed by atoms with Crippen molar-refractivity contribution < 1.29 is 19.2 Å². The van der Waals surface area contributed by atoms with Crippen LogP contribution < -0.4 is 0 Å². The predicted octanol–water partition coefficient (Wildman–Crippen LogP) is 0.183. The van der Waals surface area contributed by atoms with Crippen molar-refractivity contribution in [2.24, 2.45) is 7.05 Å². The van der Waals surface area contributed by atoms with Gasteiger partial charge in [0.1, 0.15) is 6.33 Å². The molecule has 0 spiro atoms. The van der Waals surface area contributed by atoms with Gasteiger partial charge >= 0.3 is 5.97 Å². The minimum absolute atomic E-state index is 0.110. The topological polar surface area (TPSA) is 94.4 Å². The number of amides is 2. The van der Waals surface area contributed by atoms with Crippen LogP contribution in [0.5, 0.6) is 0 Å². The number of hydrogen-bond acceptors (Lipinski definition) is 6. The van der Waals surface area contributed by atoms with Crippen LogP contribution in [0, 0.1) is 0 Å². The van der Waals surface area contributed by atoms with Crippen LogP contribution in [0.1, 0.15) is 31.3 Å². The average Bonchev–Trinajstić information content (AvgIpc) is 2.97. The molecule has 8 heteroatoms. The van der Waals surface area contributed by atoms with Crippen LogP contribution >= 0.6 is 0 Å². The number of rotatable bonds is 2. The van der Waals surface area contributed by atoms with Crippen LogP contribution in [0.25, 0.3) is 0 Å². The first kappa shape index (κ1) is 12.0. The minimum atomic E-state index is -0.931. The van der Waals surface area contributed by atoms with Crippen LogP contribution in [0.3, 0.4) is 0 Å². The monoisotopic (exact) mass is 272 g/mol. The molecule has 8 nitrogen and oxygen atoms in total. The van der Waals surface area contributed by atoms with Crippen LogP contribution in [0.2, 0.25) is 0 Å². The second-order valence-corrected chi connectivity index (χ2v) is 4.09. The summed E-state index contributed by atoms with van der Waals surface area (Å²) in [6.07, 6.45) is 1.30. The summed E-state index contributed by atoms with van der Waals surface area (Å²) in [5.41, 5.74) is 0.395. The first-order chi connectivity index (χ1) is 9.59. The molecule has 0 radical (unpaired) electrons. The molecule has 1 aromatic carbocycles. The van der Waals surface area contributed by atoms with Crippen molar-refractivity contribution in [2.75, 3.05) is 0 Å². The Hall–Kier alpha value is -3.03. The molecule has 2 amide bonds. The fraction of sp³-hybridized carbons (Fsp3) is 0.0833. The van der Waals surface area contributed by atoms with E-state index in [4.69, 9.17) is 4.84 Å². The van der Waals surface area contributed by atoms with Gasteiger partial charge in [0.15, 0.2) is 0 Å². The highest BCUT2D eigenvalue weighted by Crippen LogP contribution is 2.22. The van der Waals surface area contributed by atoms with Crippen molar-refractivity contribution in [1.29, 1.82) is 0 Å². The highest BCUT2D eigenvalue weighted by molar-refractivity contribution is 6.21. The van der Waals surface area contributed by atoms with E-state index in [0.29, 0.717) is 5.06 Å². The summed E-state index contributed by atoms with van der Waals surface area (Å²) in [5, 5.41) is 7.50. The van der Waals surface area contributed by atoms with Gasteiger partial charge in [-0.15, -0.1) is 10.2 Å². The van der Waals surface area contributed by atoms with Crippen molar-refractivity contribution in [3.05, 3.63) is 47.5 Å². The fourth-order valence-electron chi connectivity index (χ4n) is 1.84. The second kappa shape index (κ2) is 4.26. The van der Waals surface area contributed by atoms with Crippen molar-refractivity contribution in [3.8, 4) is 0 Å². The molecule has 1 aromatic heterocycles. The van der Waals surface area contributed by atoms with Crippen molar-refractivity contribution >= 4 is 17.8 Å². The lowest BCUT2D eigenvalue weighted by Crippen LogP contribution is -2.33. The number of hydroxylamine groups is 2. The maximum atomic E-state index is 12.0. The van der Waals surface area contributed by atoms with Gasteiger partial charge in [-0.1, -0.05) is 17.2 Å². The number of aromatic nitrogens is 3. The molecule has 0 bridgehead atoms. The average molecular weight is 272 g/mol. The number of benzene rings is 1. The molecule has 0 aliphatic carbocycles. The molecule has 2 heterocycles. The molecule has 100 valence electrons. The van der Waals surface area contributed by atoms with Gasteiger partial charge in [0.05, 0.1) is 11.1 Å². The lowest BCUT2D eigenvalue weighted by molar-refractivity contribution is -0.0595. The zero-order valence-electron chi connectivity index (χ0n) is 10.3. The highest BCUT2D eigenvalue weighted by atomic mass is 16.7. The van der Waals surface area contributed by atoms with E-state index in [-0.39, 0.29) is 17.0 Å². The molecule has 0 saturated heterocycles. The molecule has 0 atom stereocenters. The number of hydrogen-bond donors (Lipinski definition) is 0. The van der Waals surface area contributed by atoms with Crippen LogP contribution in [-0.2, 0) is 11.9 Å². The maximum absolute atomic E-state index is 12.0. The zero-order valence-corrected chi connectivity index (χ0v) is 10.3. The Bertz CT molecular complexity index is 702. The molecule has 3 rings (SSSR count). The summed E-state index contributed by atoms with van der Waals surface area (Å²) in [6.45, 7) is 0. The standard InChI is InChI=1S/C12H8N4O4/c1-15-6-13-14-9(15)12(19)20-16-10(17)7-4-2-3-5-8(7)11(16)18/h2-6H,1H3. The number of aryl methyl sites for hydroxylation is 1. The van der Waals surface area contributed by atoms with Crippen molar-refractivity contribution in [3.63, 3.8) is 0 Å². The summed E-state index contributed by atoms with van der Waals surface area (Å²) >= 11 is 0. The molecule has 0 fully saturated rings. The summed E-state index contributed by atoms with van der Waals surface area (Å²) in [5.74, 6) is -2.40.